The van der Waals surface area contributed by atoms with E-state index < -0.39 is 0 Å². The fourth-order valence-electron chi connectivity index (χ4n) is 1.57. The highest BCUT2D eigenvalue weighted by molar-refractivity contribution is 5.78. The van der Waals surface area contributed by atoms with Crippen LogP contribution in [-0.2, 0) is 9.63 Å². The van der Waals surface area contributed by atoms with E-state index in [1.807, 2.05) is 12.0 Å². The lowest BCUT2D eigenvalue weighted by Gasteiger charge is -2.29. The van der Waals surface area contributed by atoms with Crippen LogP contribution in [0.25, 0.3) is 0 Å². The minimum atomic E-state index is 0.279. The predicted molar refractivity (Wildman–Crippen MR) is 46.6 cm³/mol. The molecule has 3 nitrogen and oxygen atoms in total. The molecular weight excluding hydrogens is 154 g/mol. The largest absolute Gasteiger partial charge is 0.300 e. The molecule has 1 aliphatic heterocycles. The summed E-state index contributed by atoms with van der Waals surface area (Å²) >= 11 is 0. The molecule has 1 fully saturated rings. The molecule has 0 radical (unpaired) electrons. The number of ketones is 1. The van der Waals surface area contributed by atoms with Crippen molar-refractivity contribution in [3.63, 3.8) is 0 Å². The summed E-state index contributed by atoms with van der Waals surface area (Å²) in [5.41, 5.74) is 0. The number of hydrogen-bond acceptors (Lipinski definition) is 3. The third-order valence-electron chi connectivity index (χ3n) is 2.34. The third-order valence-corrected chi connectivity index (χ3v) is 2.34. The Hall–Kier alpha value is -0.410. The van der Waals surface area contributed by atoms with Crippen molar-refractivity contribution in [2.24, 2.45) is 5.92 Å². The Morgan fingerprint density at radius 2 is 2.08 bits per heavy atom. The van der Waals surface area contributed by atoms with Crippen LogP contribution in [0.2, 0.25) is 0 Å². The number of carbonyl (C=O) groups excluding carboxylic acids is 1. The van der Waals surface area contributed by atoms with Crippen molar-refractivity contribution in [3.05, 3.63) is 0 Å². The van der Waals surface area contributed by atoms with Gasteiger partial charge in [-0.15, -0.1) is 0 Å². The van der Waals surface area contributed by atoms with Gasteiger partial charge in [-0.2, -0.15) is 5.06 Å². The first kappa shape index (κ1) is 9.68. The van der Waals surface area contributed by atoms with Gasteiger partial charge in [0.15, 0.2) is 0 Å². The fraction of sp³-hybridized carbons (Fsp3) is 0.889. The van der Waals surface area contributed by atoms with E-state index in [4.69, 9.17) is 4.84 Å². The molecule has 0 aromatic carbocycles. The maximum atomic E-state index is 11.0. The number of hydroxylamine groups is 2. The maximum absolute atomic E-state index is 11.0. The summed E-state index contributed by atoms with van der Waals surface area (Å²) < 4.78 is 0. The van der Waals surface area contributed by atoms with Gasteiger partial charge in [-0.1, -0.05) is 0 Å². The molecule has 12 heavy (non-hydrogen) atoms. The third kappa shape index (κ3) is 2.57. The Morgan fingerprint density at radius 3 is 2.50 bits per heavy atom. The van der Waals surface area contributed by atoms with Crippen molar-refractivity contribution >= 4 is 5.78 Å². The lowest BCUT2D eigenvalue weighted by atomic mass is 9.94. The van der Waals surface area contributed by atoms with E-state index in [0.29, 0.717) is 5.78 Å². The Bertz CT molecular complexity index is 151. The molecule has 1 rings (SSSR count). The average Bonchev–Trinajstić information content (AvgIpc) is 2.06. The highest BCUT2D eigenvalue weighted by Gasteiger charge is 2.22. The number of hydrogen-bond donors (Lipinski definition) is 0. The lowest BCUT2D eigenvalue weighted by molar-refractivity contribution is -0.171. The van der Waals surface area contributed by atoms with Gasteiger partial charge in [0, 0.05) is 19.0 Å². The van der Waals surface area contributed by atoms with E-state index in [-0.39, 0.29) is 5.92 Å². The second-order valence-corrected chi connectivity index (χ2v) is 3.23. The van der Waals surface area contributed by atoms with Crippen molar-refractivity contribution in [3.8, 4) is 0 Å². The highest BCUT2D eigenvalue weighted by Crippen LogP contribution is 2.17. The minimum Gasteiger partial charge on any atom is -0.300 e. The van der Waals surface area contributed by atoms with Gasteiger partial charge < -0.3 is 0 Å². The predicted octanol–water partition coefficient (Wildman–Crippen LogP) is 1.24. The number of nitrogens with zero attached hydrogens (tertiary/aromatic N) is 1. The molecule has 0 atom stereocenters. The van der Waals surface area contributed by atoms with Crippen molar-refractivity contribution in [1.29, 1.82) is 0 Å². The molecule has 0 spiro atoms. The molecule has 0 N–H and O–H groups in total. The molecule has 0 amide bonds. The quantitative estimate of drug-likeness (QED) is 0.640. The molecule has 1 aliphatic rings. The zero-order chi connectivity index (χ0) is 8.97. The number of Topliss-reactive ketones (excluding diaryl/α,β-unsaturated/α-hetero) is 1. The monoisotopic (exact) mass is 171 g/mol. The topological polar surface area (TPSA) is 29.5 Å². The number of piperidine rings is 1. The summed E-state index contributed by atoms with van der Waals surface area (Å²) in [7, 11) is 0. The second kappa shape index (κ2) is 4.58. The van der Waals surface area contributed by atoms with Gasteiger partial charge in [0.1, 0.15) is 5.78 Å². The molecular formula is C9H17NO2. The first-order valence-electron chi connectivity index (χ1n) is 4.62. The van der Waals surface area contributed by atoms with Gasteiger partial charge in [0.2, 0.25) is 0 Å². The van der Waals surface area contributed by atoms with Crippen LogP contribution in [0.5, 0.6) is 0 Å². The van der Waals surface area contributed by atoms with Crippen LogP contribution in [-0.4, -0.2) is 30.5 Å². The van der Waals surface area contributed by atoms with Gasteiger partial charge in [0.05, 0.1) is 6.61 Å². The Balaban J connectivity index is 2.25. The summed E-state index contributed by atoms with van der Waals surface area (Å²) in [6.07, 6.45) is 1.91. The highest BCUT2D eigenvalue weighted by atomic mass is 16.7. The molecule has 1 saturated heterocycles. The zero-order valence-electron chi connectivity index (χ0n) is 7.88. The van der Waals surface area contributed by atoms with Crippen LogP contribution in [0.15, 0.2) is 0 Å². The second-order valence-electron chi connectivity index (χ2n) is 3.23. The molecule has 3 heteroatoms. The molecule has 0 saturated carbocycles. The van der Waals surface area contributed by atoms with Crippen LogP contribution in [0.1, 0.15) is 26.7 Å². The molecule has 0 aliphatic carbocycles. The molecule has 1 heterocycles. The van der Waals surface area contributed by atoms with Crippen molar-refractivity contribution in [2.45, 2.75) is 26.7 Å². The lowest BCUT2D eigenvalue weighted by Crippen LogP contribution is -2.35. The first-order chi connectivity index (χ1) is 5.74. The standard InChI is InChI=1S/C9H17NO2/c1-3-12-10-6-4-9(5-7-10)8(2)11/h9H,3-7H2,1-2H3. The normalized spacial score (nSPS) is 21.2. The van der Waals surface area contributed by atoms with Crippen molar-refractivity contribution in [1.82, 2.24) is 5.06 Å². The maximum Gasteiger partial charge on any atom is 0.133 e. The van der Waals surface area contributed by atoms with E-state index in [9.17, 15) is 4.79 Å². The number of rotatable bonds is 3. The molecule has 0 bridgehead atoms. The van der Waals surface area contributed by atoms with E-state index >= 15 is 0 Å². The summed E-state index contributed by atoms with van der Waals surface area (Å²) in [6.45, 7) is 6.19. The first-order valence-corrected chi connectivity index (χ1v) is 4.62. The van der Waals surface area contributed by atoms with Gasteiger partial charge in [-0.05, 0) is 26.7 Å². The Kier molecular flexibility index (Phi) is 3.69. The molecule has 0 aromatic heterocycles. The van der Waals surface area contributed by atoms with Crippen molar-refractivity contribution < 1.29 is 9.63 Å². The summed E-state index contributed by atoms with van der Waals surface area (Å²) in [4.78, 5) is 16.3. The molecule has 0 aromatic rings. The summed E-state index contributed by atoms with van der Waals surface area (Å²) in [5.74, 6) is 0.604. The summed E-state index contributed by atoms with van der Waals surface area (Å²) in [5, 5.41) is 1.96. The van der Waals surface area contributed by atoms with Crippen molar-refractivity contribution in [2.75, 3.05) is 19.7 Å². The van der Waals surface area contributed by atoms with Crippen LogP contribution < -0.4 is 0 Å². The van der Waals surface area contributed by atoms with E-state index in [1.165, 1.54) is 0 Å². The van der Waals surface area contributed by atoms with E-state index in [0.717, 1.165) is 32.5 Å². The van der Waals surface area contributed by atoms with Gasteiger partial charge >= 0.3 is 0 Å². The van der Waals surface area contributed by atoms with Crippen LogP contribution in [0, 0.1) is 5.92 Å². The van der Waals surface area contributed by atoms with Crippen LogP contribution in [0.4, 0.5) is 0 Å². The molecule has 0 unspecified atom stereocenters. The van der Waals surface area contributed by atoms with Gasteiger partial charge in [0.25, 0.3) is 0 Å². The Morgan fingerprint density at radius 1 is 1.50 bits per heavy atom. The molecule has 70 valence electrons. The van der Waals surface area contributed by atoms with Gasteiger partial charge in [-0.25, -0.2) is 0 Å². The Labute approximate surface area is 73.6 Å². The average molecular weight is 171 g/mol. The van der Waals surface area contributed by atoms with Crippen LogP contribution in [0.3, 0.4) is 0 Å². The summed E-state index contributed by atoms with van der Waals surface area (Å²) in [6, 6.07) is 0. The van der Waals surface area contributed by atoms with E-state index in [2.05, 4.69) is 0 Å². The SMILES string of the molecule is CCON1CCC(C(C)=O)CC1. The minimum absolute atomic E-state index is 0.279. The fourth-order valence-corrected chi connectivity index (χ4v) is 1.57. The zero-order valence-corrected chi connectivity index (χ0v) is 7.88. The number of carbonyl (C=O) groups is 1. The van der Waals surface area contributed by atoms with Gasteiger partial charge in [-0.3, -0.25) is 9.63 Å². The smallest absolute Gasteiger partial charge is 0.133 e. The van der Waals surface area contributed by atoms with E-state index in [1.54, 1.807) is 6.92 Å². The van der Waals surface area contributed by atoms with Crippen LogP contribution >= 0.6 is 0 Å².